The van der Waals surface area contributed by atoms with Gasteiger partial charge in [-0.3, -0.25) is 5.21 Å². The predicted octanol–water partition coefficient (Wildman–Crippen LogP) is 1.04. The zero-order valence-electron chi connectivity index (χ0n) is 10.3. The van der Waals surface area contributed by atoms with Gasteiger partial charge in [-0.25, -0.2) is 15.1 Å². The van der Waals surface area contributed by atoms with Gasteiger partial charge < -0.3 is 10.1 Å². The normalized spacial score (nSPS) is 13.2. The van der Waals surface area contributed by atoms with E-state index >= 15 is 0 Å². The molecule has 0 unspecified atom stereocenters. The first-order chi connectivity index (χ1) is 7.17. The zero-order valence-corrected chi connectivity index (χ0v) is 10.3. The van der Waals surface area contributed by atoms with Crippen LogP contribution in [0.3, 0.4) is 0 Å². The van der Waals surface area contributed by atoms with E-state index in [1.165, 1.54) is 5.48 Å². The molecule has 94 valence electrons. The maximum Gasteiger partial charge on any atom is 0.339 e. The largest absolute Gasteiger partial charge is 0.458 e. The molecule has 0 saturated carbocycles. The second-order valence-corrected chi connectivity index (χ2v) is 4.84. The summed E-state index contributed by atoms with van der Waals surface area (Å²) in [4.78, 5) is 22.6. The third kappa shape index (κ3) is 5.55. The van der Waals surface area contributed by atoms with E-state index in [-0.39, 0.29) is 5.92 Å². The maximum absolute atomic E-state index is 11.7. The summed E-state index contributed by atoms with van der Waals surface area (Å²) < 4.78 is 5.14. The molecule has 0 aromatic rings. The molecule has 0 aliphatic carbocycles. The SMILES string of the molecule is CC(C)[C@H](NC(=O)NO)C(=O)OC(C)(C)C. The van der Waals surface area contributed by atoms with Crippen molar-refractivity contribution in [1.29, 1.82) is 0 Å². The lowest BCUT2D eigenvalue weighted by atomic mass is 10.0. The third-order valence-corrected chi connectivity index (χ3v) is 1.72. The van der Waals surface area contributed by atoms with Crippen LogP contribution in [0, 0.1) is 5.92 Å². The summed E-state index contributed by atoms with van der Waals surface area (Å²) in [5.41, 5.74) is 0.801. The number of hydrogen-bond acceptors (Lipinski definition) is 4. The molecule has 0 aromatic heterocycles. The molecular weight excluding hydrogens is 212 g/mol. The number of esters is 1. The van der Waals surface area contributed by atoms with Crippen molar-refractivity contribution >= 4 is 12.0 Å². The van der Waals surface area contributed by atoms with Crippen LogP contribution in [0.25, 0.3) is 0 Å². The summed E-state index contributed by atoms with van der Waals surface area (Å²) in [5.74, 6) is -0.654. The molecule has 0 fully saturated rings. The summed E-state index contributed by atoms with van der Waals surface area (Å²) in [6.45, 7) is 8.77. The highest BCUT2D eigenvalue weighted by Gasteiger charge is 2.28. The van der Waals surface area contributed by atoms with Gasteiger partial charge in [-0.15, -0.1) is 0 Å². The van der Waals surface area contributed by atoms with E-state index in [4.69, 9.17) is 9.94 Å². The molecule has 0 aliphatic rings. The van der Waals surface area contributed by atoms with Crippen LogP contribution >= 0.6 is 0 Å². The Kier molecular flexibility index (Phi) is 5.23. The molecule has 6 heteroatoms. The summed E-state index contributed by atoms with van der Waals surface area (Å²) in [6, 6.07) is -1.61. The molecule has 0 radical (unpaired) electrons. The minimum Gasteiger partial charge on any atom is -0.458 e. The van der Waals surface area contributed by atoms with Crippen molar-refractivity contribution in [2.45, 2.75) is 46.3 Å². The van der Waals surface area contributed by atoms with Crippen molar-refractivity contribution < 1.29 is 19.5 Å². The van der Waals surface area contributed by atoms with E-state index in [9.17, 15) is 9.59 Å². The van der Waals surface area contributed by atoms with Crippen LogP contribution in [0.2, 0.25) is 0 Å². The molecule has 0 aromatic carbocycles. The molecule has 0 spiro atoms. The van der Waals surface area contributed by atoms with E-state index < -0.39 is 23.6 Å². The summed E-state index contributed by atoms with van der Waals surface area (Å²) in [6.07, 6.45) is 0. The Labute approximate surface area is 95.3 Å². The van der Waals surface area contributed by atoms with Crippen LogP contribution in [-0.2, 0) is 9.53 Å². The fraction of sp³-hybridized carbons (Fsp3) is 0.800. The Morgan fingerprint density at radius 2 is 1.75 bits per heavy atom. The second-order valence-electron chi connectivity index (χ2n) is 4.84. The van der Waals surface area contributed by atoms with Crippen LogP contribution in [-0.4, -0.2) is 28.9 Å². The van der Waals surface area contributed by atoms with Crippen LogP contribution < -0.4 is 10.8 Å². The van der Waals surface area contributed by atoms with Gasteiger partial charge >= 0.3 is 12.0 Å². The van der Waals surface area contributed by atoms with Gasteiger partial charge in [-0.05, 0) is 26.7 Å². The number of hydroxylamine groups is 1. The highest BCUT2D eigenvalue weighted by atomic mass is 16.6. The molecule has 0 saturated heterocycles. The molecule has 1 atom stereocenters. The fourth-order valence-electron chi connectivity index (χ4n) is 1.04. The minimum absolute atomic E-state index is 0.132. The van der Waals surface area contributed by atoms with E-state index in [0.29, 0.717) is 0 Å². The molecule has 16 heavy (non-hydrogen) atoms. The van der Waals surface area contributed by atoms with Crippen molar-refractivity contribution in [3.8, 4) is 0 Å². The smallest absolute Gasteiger partial charge is 0.339 e. The van der Waals surface area contributed by atoms with Crippen molar-refractivity contribution in [2.24, 2.45) is 5.92 Å². The van der Waals surface area contributed by atoms with Gasteiger partial charge in [-0.1, -0.05) is 13.8 Å². The van der Waals surface area contributed by atoms with Gasteiger partial charge in [0.25, 0.3) is 0 Å². The van der Waals surface area contributed by atoms with Crippen molar-refractivity contribution in [3.05, 3.63) is 0 Å². The van der Waals surface area contributed by atoms with Gasteiger partial charge in [0, 0.05) is 0 Å². The number of ether oxygens (including phenoxy) is 1. The summed E-state index contributed by atoms with van der Waals surface area (Å²) >= 11 is 0. The van der Waals surface area contributed by atoms with Crippen LogP contribution in [0.15, 0.2) is 0 Å². The number of hydrogen-bond donors (Lipinski definition) is 3. The Morgan fingerprint density at radius 1 is 1.25 bits per heavy atom. The first-order valence-electron chi connectivity index (χ1n) is 5.11. The number of rotatable bonds is 3. The quantitative estimate of drug-likeness (QED) is 0.385. The van der Waals surface area contributed by atoms with Gasteiger partial charge in [0.05, 0.1) is 0 Å². The number of nitrogens with one attached hydrogen (secondary N) is 2. The third-order valence-electron chi connectivity index (χ3n) is 1.72. The van der Waals surface area contributed by atoms with Crippen LogP contribution in [0.5, 0.6) is 0 Å². The van der Waals surface area contributed by atoms with Gasteiger partial charge in [0.15, 0.2) is 0 Å². The second kappa shape index (κ2) is 5.69. The van der Waals surface area contributed by atoms with E-state index in [0.717, 1.165) is 0 Å². The van der Waals surface area contributed by atoms with Crippen molar-refractivity contribution in [1.82, 2.24) is 10.8 Å². The molecule has 0 bridgehead atoms. The van der Waals surface area contributed by atoms with Crippen molar-refractivity contribution in [2.75, 3.05) is 0 Å². The van der Waals surface area contributed by atoms with Crippen LogP contribution in [0.4, 0.5) is 4.79 Å². The standard InChI is InChI=1S/C10H20N2O4/c1-6(2)7(11-9(14)12-15)8(13)16-10(3,4)5/h6-7,15H,1-5H3,(H2,11,12,14)/t7-/m0/s1. The Bertz CT molecular complexity index is 258. The maximum atomic E-state index is 11.7. The highest BCUT2D eigenvalue weighted by molar-refractivity contribution is 5.83. The number of carbonyl (C=O) groups is 2. The van der Waals surface area contributed by atoms with Gasteiger partial charge in [0.1, 0.15) is 11.6 Å². The molecule has 0 heterocycles. The first-order valence-corrected chi connectivity index (χ1v) is 5.11. The number of amides is 2. The fourth-order valence-corrected chi connectivity index (χ4v) is 1.04. The number of urea groups is 1. The lowest BCUT2D eigenvalue weighted by Crippen LogP contribution is -2.49. The number of carbonyl (C=O) groups excluding carboxylic acids is 2. The Hall–Kier alpha value is -1.30. The molecule has 3 N–H and O–H groups in total. The topological polar surface area (TPSA) is 87.7 Å². The van der Waals surface area contributed by atoms with E-state index in [1.54, 1.807) is 34.6 Å². The van der Waals surface area contributed by atoms with E-state index in [1.807, 2.05) is 0 Å². The molecule has 6 nitrogen and oxygen atoms in total. The van der Waals surface area contributed by atoms with Crippen molar-refractivity contribution in [3.63, 3.8) is 0 Å². The molecule has 0 rings (SSSR count). The average Bonchev–Trinajstić information content (AvgIpc) is 2.09. The molecule has 0 aliphatic heterocycles. The highest BCUT2D eigenvalue weighted by Crippen LogP contribution is 2.12. The zero-order chi connectivity index (χ0) is 12.9. The lowest BCUT2D eigenvalue weighted by molar-refractivity contribution is -0.158. The monoisotopic (exact) mass is 232 g/mol. The molecule has 2 amide bonds. The Morgan fingerprint density at radius 3 is 2.06 bits per heavy atom. The van der Waals surface area contributed by atoms with Gasteiger partial charge in [0.2, 0.25) is 0 Å². The van der Waals surface area contributed by atoms with Crippen LogP contribution in [0.1, 0.15) is 34.6 Å². The van der Waals surface area contributed by atoms with E-state index in [2.05, 4.69) is 5.32 Å². The summed E-state index contributed by atoms with van der Waals surface area (Å²) in [5, 5.41) is 10.7. The molecular formula is C10H20N2O4. The first kappa shape index (κ1) is 14.7. The Balaban J connectivity index is 4.54. The predicted molar refractivity (Wildman–Crippen MR) is 57.9 cm³/mol. The average molecular weight is 232 g/mol. The summed E-state index contributed by atoms with van der Waals surface area (Å²) in [7, 11) is 0. The minimum atomic E-state index is -0.829. The van der Waals surface area contributed by atoms with Gasteiger partial charge in [-0.2, -0.15) is 0 Å². The lowest BCUT2D eigenvalue weighted by Gasteiger charge is -2.26.